The highest BCUT2D eigenvalue weighted by atomic mass is 35.5. The molecule has 0 radical (unpaired) electrons. The normalized spacial score (nSPS) is 15.2. The number of benzene rings is 1. The second-order valence-corrected chi connectivity index (χ2v) is 5.97. The fourth-order valence-corrected chi connectivity index (χ4v) is 3.03. The van der Waals surface area contributed by atoms with Gasteiger partial charge < -0.3 is 9.80 Å². The van der Waals surface area contributed by atoms with Crippen LogP contribution in [0.3, 0.4) is 0 Å². The van der Waals surface area contributed by atoms with E-state index in [0.29, 0.717) is 0 Å². The summed E-state index contributed by atoms with van der Waals surface area (Å²) in [5.74, 6) is 1.81. The van der Waals surface area contributed by atoms with Crippen molar-refractivity contribution in [2.24, 2.45) is 0 Å². The number of aromatic nitrogens is 3. The Balaban J connectivity index is 1.51. The number of hydrogen-bond acceptors (Lipinski definition) is 5. The SMILES string of the molecule is Clc1ccc2nc(N3CCN(c4ncccn4)CC3)ccc2c1. The van der Waals surface area contributed by atoms with E-state index < -0.39 is 0 Å². The molecule has 23 heavy (non-hydrogen) atoms. The molecule has 0 aliphatic carbocycles. The van der Waals surface area contributed by atoms with E-state index in [1.165, 1.54) is 0 Å². The van der Waals surface area contributed by atoms with Crippen LogP contribution in [0.1, 0.15) is 0 Å². The molecule has 1 saturated heterocycles. The van der Waals surface area contributed by atoms with Crippen LogP contribution in [-0.4, -0.2) is 41.1 Å². The van der Waals surface area contributed by atoms with Gasteiger partial charge in [-0.15, -0.1) is 0 Å². The zero-order valence-electron chi connectivity index (χ0n) is 12.6. The van der Waals surface area contributed by atoms with Gasteiger partial charge in [0.25, 0.3) is 0 Å². The second kappa shape index (κ2) is 6.01. The summed E-state index contributed by atoms with van der Waals surface area (Å²) in [6.45, 7) is 3.60. The topological polar surface area (TPSA) is 45.2 Å². The molecular formula is C17H16ClN5. The molecule has 6 heteroatoms. The van der Waals surface area contributed by atoms with E-state index in [1.807, 2.05) is 24.3 Å². The molecule has 0 spiro atoms. The molecule has 0 unspecified atom stereocenters. The van der Waals surface area contributed by atoms with Crippen LogP contribution in [0.15, 0.2) is 48.8 Å². The van der Waals surface area contributed by atoms with Crippen LogP contribution in [0.2, 0.25) is 5.02 Å². The minimum Gasteiger partial charge on any atom is -0.353 e. The van der Waals surface area contributed by atoms with Crippen molar-refractivity contribution >= 4 is 34.3 Å². The minimum absolute atomic E-state index is 0.739. The summed E-state index contributed by atoms with van der Waals surface area (Å²) in [5, 5.41) is 1.81. The monoisotopic (exact) mass is 325 g/mol. The van der Waals surface area contributed by atoms with Gasteiger partial charge in [0.05, 0.1) is 5.52 Å². The maximum Gasteiger partial charge on any atom is 0.225 e. The molecule has 0 atom stereocenters. The van der Waals surface area contributed by atoms with Crippen molar-refractivity contribution in [3.05, 3.63) is 53.8 Å². The third-order valence-electron chi connectivity index (χ3n) is 4.08. The molecule has 4 rings (SSSR count). The molecule has 1 aliphatic rings. The summed E-state index contributed by atoms with van der Waals surface area (Å²) >= 11 is 6.03. The van der Waals surface area contributed by atoms with Crippen molar-refractivity contribution in [3.8, 4) is 0 Å². The van der Waals surface area contributed by atoms with E-state index in [2.05, 4.69) is 31.9 Å². The Morgan fingerprint density at radius 2 is 1.61 bits per heavy atom. The molecule has 0 bridgehead atoms. The van der Waals surface area contributed by atoms with Gasteiger partial charge in [-0.3, -0.25) is 0 Å². The predicted octanol–water partition coefficient (Wildman–Crippen LogP) is 3.00. The number of pyridine rings is 1. The first kappa shape index (κ1) is 14.2. The highest BCUT2D eigenvalue weighted by molar-refractivity contribution is 6.31. The lowest BCUT2D eigenvalue weighted by atomic mass is 10.2. The van der Waals surface area contributed by atoms with Gasteiger partial charge in [0, 0.05) is 49.0 Å². The van der Waals surface area contributed by atoms with Crippen LogP contribution in [0.25, 0.3) is 10.9 Å². The van der Waals surface area contributed by atoms with Crippen LogP contribution in [-0.2, 0) is 0 Å². The summed E-state index contributed by atoms with van der Waals surface area (Å²) in [6.07, 6.45) is 3.56. The van der Waals surface area contributed by atoms with E-state index in [0.717, 1.165) is 53.9 Å². The summed E-state index contributed by atoms with van der Waals surface area (Å²) in [7, 11) is 0. The van der Waals surface area contributed by atoms with Gasteiger partial charge in [-0.25, -0.2) is 15.0 Å². The number of piperazine rings is 1. The zero-order chi connectivity index (χ0) is 15.6. The highest BCUT2D eigenvalue weighted by Gasteiger charge is 2.19. The lowest BCUT2D eigenvalue weighted by Crippen LogP contribution is -2.47. The molecule has 116 valence electrons. The molecule has 1 aromatic carbocycles. The predicted molar refractivity (Wildman–Crippen MR) is 93.2 cm³/mol. The molecule has 1 fully saturated rings. The van der Waals surface area contributed by atoms with Gasteiger partial charge in [-0.05, 0) is 36.4 Å². The maximum absolute atomic E-state index is 6.03. The molecule has 3 aromatic rings. The van der Waals surface area contributed by atoms with Gasteiger partial charge in [0.15, 0.2) is 0 Å². The number of nitrogens with zero attached hydrogens (tertiary/aromatic N) is 5. The molecule has 0 amide bonds. The van der Waals surface area contributed by atoms with Crippen molar-refractivity contribution in [1.82, 2.24) is 15.0 Å². The van der Waals surface area contributed by atoms with Gasteiger partial charge in [-0.1, -0.05) is 11.6 Å². The van der Waals surface area contributed by atoms with Crippen molar-refractivity contribution in [3.63, 3.8) is 0 Å². The number of rotatable bonds is 2. The molecule has 0 saturated carbocycles. The standard InChI is InChI=1S/C17H16ClN5/c18-14-3-4-15-13(12-14)2-5-16(21-15)22-8-10-23(11-9-22)17-19-6-1-7-20-17/h1-7,12H,8-11H2. The first-order chi connectivity index (χ1) is 11.3. The summed E-state index contributed by atoms with van der Waals surface area (Å²) < 4.78 is 0. The Morgan fingerprint density at radius 3 is 2.39 bits per heavy atom. The second-order valence-electron chi connectivity index (χ2n) is 5.53. The first-order valence-corrected chi connectivity index (χ1v) is 8.01. The van der Waals surface area contributed by atoms with Gasteiger partial charge in [0.1, 0.15) is 5.82 Å². The average molecular weight is 326 g/mol. The van der Waals surface area contributed by atoms with Crippen molar-refractivity contribution in [1.29, 1.82) is 0 Å². The fourth-order valence-electron chi connectivity index (χ4n) is 2.85. The Morgan fingerprint density at radius 1 is 0.870 bits per heavy atom. The lowest BCUT2D eigenvalue weighted by Gasteiger charge is -2.35. The molecule has 2 aromatic heterocycles. The van der Waals surface area contributed by atoms with Crippen molar-refractivity contribution in [2.45, 2.75) is 0 Å². The van der Waals surface area contributed by atoms with Crippen molar-refractivity contribution in [2.75, 3.05) is 36.0 Å². The number of hydrogen-bond donors (Lipinski definition) is 0. The quantitative estimate of drug-likeness (QED) is 0.724. The van der Waals surface area contributed by atoms with Crippen LogP contribution in [0, 0.1) is 0 Å². The number of fused-ring (bicyclic) bond motifs is 1. The lowest BCUT2D eigenvalue weighted by molar-refractivity contribution is 0.635. The van der Waals surface area contributed by atoms with Gasteiger partial charge >= 0.3 is 0 Å². The van der Waals surface area contributed by atoms with E-state index in [4.69, 9.17) is 16.6 Å². The summed E-state index contributed by atoms with van der Waals surface area (Å²) in [5.41, 5.74) is 0.973. The maximum atomic E-state index is 6.03. The summed E-state index contributed by atoms with van der Waals surface area (Å²) in [6, 6.07) is 11.8. The Hall–Kier alpha value is -2.40. The Bertz CT molecular complexity index is 816. The smallest absolute Gasteiger partial charge is 0.225 e. The largest absolute Gasteiger partial charge is 0.353 e. The first-order valence-electron chi connectivity index (χ1n) is 7.63. The van der Waals surface area contributed by atoms with E-state index >= 15 is 0 Å². The highest BCUT2D eigenvalue weighted by Crippen LogP contribution is 2.22. The van der Waals surface area contributed by atoms with Crippen LogP contribution >= 0.6 is 11.6 Å². The number of halogens is 1. The number of anilines is 2. The van der Waals surface area contributed by atoms with Gasteiger partial charge in [-0.2, -0.15) is 0 Å². The van der Waals surface area contributed by atoms with E-state index in [-0.39, 0.29) is 0 Å². The Kier molecular flexibility index (Phi) is 3.71. The molecular weight excluding hydrogens is 310 g/mol. The zero-order valence-corrected chi connectivity index (χ0v) is 13.3. The molecule has 1 aliphatic heterocycles. The average Bonchev–Trinajstić information content (AvgIpc) is 2.62. The minimum atomic E-state index is 0.739. The molecule has 5 nitrogen and oxygen atoms in total. The van der Waals surface area contributed by atoms with Crippen LogP contribution in [0.5, 0.6) is 0 Å². The van der Waals surface area contributed by atoms with E-state index in [1.54, 1.807) is 12.4 Å². The third-order valence-corrected chi connectivity index (χ3v) is 4.31. The molecule has 0 N–H and O–H groups in total. The summed E-state index contributed by atoms with van der Waals surface area (Å²) in [4.78, 5) is 17.9. The van der Waals surface area contributed by atoms with Crippen LogP contribution < -0.4 is 9.80 Å². The van der Waals surface area contributed by atoms with Gasteiger partial charge in [0.2, 0.25) is 5.95 Å². The fraction of sp³-hybridized carbons (Fsp3) is 0.235. The van der Waals surface area contributed by atoms with Crippen molar-refractivity contribution < 1.29 is 0 Å². The van der Waals surface area contributed by atoms with E-state index in [9.17, 15) is 0 Å². The molecule has 3 heterocycles. The Labute approximate surface area is 139 Å². The third kappa shape index (κ3) is 2.92. The van der Waals surface area contributed by atoms with Crippen LogP contribution in [0.4, 0.5) is 11.8 Å².